The fraction of sp³-hybridized carbons (Fsp3) is 0.346. The van der Waals surface area contributed by atoms with Crippen LogP contribution in [0.15, 0.2) is 77.7 Å². The van der Waals surface area contributed by atoms with E-state index in [0.717, 1.165) is 10.1 Å². The summed E-state index contributed by atoms with van der Waals surface area (Å²) in [6.45, 7) is 0.882. The zero-order chi connectivity index (χ0) is 28.5. The van der Waals surface area contributed by atoms with E-state index in [1.54, 1.807) is 42.5 Å². The lowest BCUT2D eigenvalue weighted by atomic mass is 10.1. The molecule has 212 valence electrons. The quantitative estimate of drug-likeness (QED) is 0.227. The number of nitrogens with one attached hydrogen (secondary N) is 1. The van der Waals surface area contributed by atoms with Crippen LogP contribution in [-0.2, 0) is 30.0 Å². The van der Waals surface area contributed by atoms with Crippen LogP contribution in [0, 0.1) is 0 Å². The Morgan fingerprint density at radius 3 is 2.52 bits per heavy atom. The van der Waals surface area contributed by atoms with Gasteiger partial charge in [-0.2, -0.15) is 10.1 Å². The average molecular weight is 575 g/mol. The molecule has 1 aliphatic carbocycles. The number of esters is 1. The Bertz CT molecular complexity index is 1460. The molecular weight excluding hydrogens is 546 g/mol. The van der Waals surface area contributed by atoms with Crippen molar-refractivity contribution in [3.05, 3.63) is 89.0 Å². The summed E-state index contributed by atoms with van der Waals surface area (Å²) in [5, 5.41) is 13.2. The number of nitrogen functional groups attached to an aromatic ring is 1. The molecule has 2 heterocycles. The number of rotatable bonds is 11. The first kappa shape index (κ1) is 27.9. The molecule has 2 aromatic carbocycles. The van der Waals surface area contributed by atoms with Gasteiger partial charge in [0.25, 0.3) is 0 Å². The van der Waals surface area contributed by atoms with Crippen LogP contribution in [0.1, 0.15) is 18.5 Å². The Balaban J connectivity index is 1.24. The maximum atomic E-state index is 15.6. The molecular formula is C26H28FN4O8P. The lowest BCUT2D eigenvalue weighted by Crippen LogP contribution is -2.40. The number of carbonyl (C=O) groups excluding carboxylic acids is 1. The summed E-state index contributed by atoms with van der Waals surface area (Å²) in [4.78, 5) is 28.3. The number of nitrogens with zero attached hydrogens (tertiary/aromatic N) is 2. The molecule has 1 aliphatic heterocycles. The molecule has 2 fully saturated rings. The van der Waals surface area contributed by atoms with Crippen LogP contribution in [0.5, 0.6) is 5.75 Å². The summed E-state index contributed by atoms with van der Waals surface area (Å²) in [6, 6.07) is 16.2. The Morgan fingerprint density at radius 1 is 1.23 bits per heavy atom. The van der Waals surface area contributed by atoms with Crippen molar-refractivity contribution in [2.75, 3.05) is 12.3 Å². The molecule has 2 aliphatic rings. The first-order valence-electron chi connectivity index (χ1n) is 12.5. The number of halogens is 1. The van der Waals surface area contributed by atoms with E-state index in [0.29, 0.717) is 0 Å². The largest absolute Gasteiger partial charge is 0.460 e. The minimum absolute atomic E-state index is 0.00620. The van der Waals surface area contributed by atoms with E-state index in [9.17, 15) is 19.3 Å². The Hall–Kier alpha value is -3.61. The van der Waals surface area contributed by atoms with Gasteiger partial charge in [0.05, 0.1) is 6.61 Å². The highest BCUT2D eigenvalue weighted by Crippen LogP contribution is 2.61. The van der Waals surface area contributed by atoms with Crippen molar-refractivity contribution in [2.24, 2.45) is 0 Å². The zero-order valence-electron chi connectivity index (χ0n) is 21.3. The molecule has 0 amide bonds. The molecule has 3 aromatic rings. The van der Waals surface area contributed by atoms with Crippen molar-refractivity contribution >= 4 is 19.5 Å². The summed E-state index contributed by atoms with van der Waals surface area (Å²) >= 11 is 0. The van der Waals surface area contributed by atoms with Gasteiger partial charge in [0.1, 0.15) is 48.6 Å². The van der Waals surface area contributed by atoms with Crippen molar-refractivity contribution in [1.82, 2.24) is 14.6 Å². The zero-order valence-corrected chi connectivity index (χ0v) is 22.2. The Kier molecular flexibility index (Phi) is 7.76. The van der Waals surface area contributed by atoms with Crippen molar-refractivity contribution in [3.8, 4) is 5.75 Å². The number of carbonyl (C=O) groups is 1. The smallest absolute Gasteiger partial charge is 0.459 e. The molecule has 1 saturated carbocycles. The number of ether oxygens (including phenoxy) is 2. The first-order chi connectivity index (χ1) is 19.1. The van der Waals surface area contributed by atoms with Crippen LogP contribution in [0.2, 0.25) is 0 Å². The number of aliphatic hydroxyl groups is 1. The number of hydrogen-bond acceptors (Lipinski definition) is 10. The second kappa shape index (κ2) is 11.1. The molecule has 4 unspecified atom stereocenters. The SMILES string of the molecule is C[C@H](NP(=O)(OCC1OC2[C@@H](n3ccc(N)nc3=O)C2(F)[C@H]1O)Oc1ccccc1)C(=O)OCc1ccccc1. The highest BCUT2D eigenvalue weighted by atomic mass is 31.2. The van der Waals surface area contributed by atoms with Gasteiger partial charge in [-0.15, -0.1) is 0 Å². The van der Waals surface area contributed by atoms with E-state index in [-0.39, 0.29) is 18.2 Å². The third-order valence-electron chi connectivity index (χ3n) is 6.65. The monoisotopic (exact) mass is 574 g/mol. The van der Waals surface area contributed by atoms with E-state index in [2.05, 4.69) is 10.1 Å². The highest BCUT2D eigenvalue weighted by molar-refractivity contribution is 7.52. The van der Waals surface area contributed by atoms with Crippen LogP contribution in [-0.4, -0.2) is 57.3 Å². The molecule has 14 heteroatoms. The van der Waals surface area contributed by atoms with Crippen LogP contribution in [0.4, 0.5) is 10.2 Å². The Labute approximate surface area is 228 Å². The van der Waals surface area contributed by atoms with E-state index in [4.69, 9.17) is 24.3 Å². The van der Waals surface area contributed by atoms with Gasteiger partial charge in [0.2, 0.25) is 0 Å². The van der Waals surface area contributed by atoms with Gasteiger partial charge in [-0.25, -0.2) is 13.8 Å². The number of aromatic nitrogens is 2. The lowest BCUT2D eigenvalue weighted by molar-refractivity contribution is -0.146. The van der Waals surface area contributed by atoms with Gasteiger partial charge in [0, 0.05) is 6.20 Å². The number of benzene rings is 2. The van der Waals surface area contributed by atoms with Gasteiger partial charge in [0.15, 0.2) is 5.67 Å². The maximum Gasteiger partial charge on any atom is 0.459 e. The molecule has 12 nitrogen and oxygen atoms in total. The molecule has 40 heavy (non-hydrogen) atoms. The summed E-state index contributed by atoms with van der Waals surface area (Å²) in [6.07, 6.45) is -2.84. The molecule has 5 rings (SSSR count). The fourth-order valence-corrected chi connectivity index (χ4v) is 6.05. The van der Waals surface area contributed by atoms with Gasteiger partial charge in [-0.1, -0.05) is 48.5 Å². The third kappa shape index (κ3) is 5.65. The number of aliphatic hydroxyl groups excluding tert-OH is 1. The molecule has 7 atom stereocenters. The van der Waals surface area contributed by atoms with Crippen molar-refractivity contribution in [1.29, 1.82) is 0 Å². The summed E-state index contributed by atoms with van der Waals surface area (Å²) in [7, 11) is -4.28. The molecule has 1 aromatic heterocycles. The van der Waals surface area contributed by atoms with E-state index in [1.165, 1.54) is 31.3 Å². The summed E-state index contributed by atoms with van der Waals surface area (Å²) < 4.78 is 52.4. The number of anilines is 1. The van der Waals surface area contributed by atoms with Gasteiger partial charge >= 0.3 is 19.4 Å². The number of nitrogens with two attached hydrogens (primary N) is 1. The highest BCUT2D eigenvalue weighted by Gasteiger charge is 2.79. The number of alkyl halides is 1. The minimum atomic E-state index is -4.28. The van der Waals surface area contributed by atoms with E-state index < -0.39 is 62.1 Å². The maximum absolute atomic E-state index is 15.6. The third-order valence-corrected chi connectivity index (χ3v) is 8.30. The van der Waals surface area contributed by atoms with Crippen LogP contribution < -0.4 is 21.0 Å². The van der Waals surface area contributed by atoms with Crippen LogP contribution in [0.3, 0.4) is 0 Å². The normalized spacial score (nSPS) is 27.3. The second-order valence-electron chi connectivity index (χ2n) is 9.50. The number of hydrogen-bond donors (Lipinski definition) is 3. The predicted molar refractivity (Wildman–Crippen MR) is 140 cm³/mol. The molecule has 4 N–H and O–H groups in total. The second-order valence-corrected chi connectivity index (χ2v) is 11.2. The minimum Gasteiger partial charge on any atom is -0.460 e. The van der Waals surface area contributed by atoms with Crippen molar-refractivity contribution in [3.63, 3.8) is 0 Å². The number of fused-ring (bicyclic) bond motifs is 1. The standard InChI is InChI=1S/C26H28FN4O8P/c1-16(24(33)36-14-17-8-4-2-5-9-17)30-40(35,39-18-10-6-3-7-11-18)37-15-19-22(32)26(27)21(23(26)38-19)31-13-12-20(28)29-25(31)34/h2-13,16,19,21-23,32H,14-15H2,1H3,(H,30,35)(H2,28,29,34)/t16-,19?,21+,22-,23?,26?,40?/m0/s1. The van der Waals surface area contributed by atoms with Gasteiger partial charge in [-0.05, 0) is 30.7 Å². The van der Waals surface area contributed by atoms with Gasteiger partial charge < -0.3 is 24.8 Å². The predicted octanol–water partition coefficient (Wildman–Crippen LogP) is 2.14. The van der Waals surface area contributed by atoms with Crippen LogP contribution >= 0.6 is 7.75 Å². The van der Waals surface area contributed by atoms with E-state index in [1.807, 2.05) is 6.07 Å². The number of para-hydroxylation sites is 1. The molecule has 0 bridgehead atoms. The molecule has 0 spiro atoms. The lowest BCUT2D eigenvalue weighted by Gasteiger charge is -2.26. The topological polar surface area (TPSA) is 164 Å². The van der Waals surface area contributed by atoms with Crippen molar-refractivity contribution < 1.29 is 37.4 Å². The van der Waals surface area contributed by atoms with Crippen LogP contribution in [0.25, 0.3) is 0 Å². The average Bonchev–Trinajstić information content (AvgIpc) is 3.44. The fourth-order valence-electron chi connectivity index (χ4n) is 4.55. The van der Waals surface area contributed by atoms with Crippen molar-refractivity contribution in [2.45, 2.75) is 49.6 Å². The van der Waals surface area contributed by atoms with Gasteiger partial charge in [-0.3, -0.25) is 13.9 Å². The first-order valence-corrected chi connectivity index (χ1v) is 14.0. The molecule has 0 radical (unpaired) electrons. The Morgan fingerprint density at radius 2 is 1.90 bits per heavy atom. The molecule has 1 saturated heterocycles. The van der Waals surface area contributed by atoms with E-state index >= 15 is 4.39 Å². The summed E-state index contributed by atoms with van der Waals surface area (Å²) in [5.74, 6) is -0.556. The summed E-state index contributed by atoms with van der Waals surface area (Å²) in [5.41, 5.74) is 3.19.